The van der Waals surface area contributed by atoms with Crippen LogP contribution in [0.3, 0.4) is 0 Å². The quantitative estimate of drug-likeness (QED) is 0.744. The van der Waals surface area contributed by atoms with E-state index in [9.17, 15) is 0 Å². The van der Waals surface area contributed by atoms with E-state index in [0.717, 1.165) is 0 Å². The lowest BCUT2D eigenvalue weighted by atomic mass is 9.94. The molecular formula is C12H19N. The third-order valence-electron chi connectivity index (χ3n) is 2.71. The van der Waals surface area contributed by atoms with Crippen LogP contribution in [0.2, 0.25) is 0 Å². The van der Waals surface area contributed by atoms with Gasteiger partial charge in [-0.3, -0.25) is 0 Å². The maximum atomic E-state index is 3.17. The van der Waals surface area contributed by atoms with Gasteiger partial charge >= 0.3 is 0 Å². The van der Waals surface area contributed by atoms with Crippen molar-refractivity contribution in [1.29, 1.82) is 0 Å². The minimum Gasteiger partial charge on any atom is -0.388 e. The highest BCUT2D eigenvalue weighted by Gasteiger charge is 2.06. The van der Waals surface area contributed by atoms with Gasteiger partial charge in [0, 0.05) is 12.7 Å². The monoisotopic (exact) mass is 177 g/mol. The van der Waals surface area contributed by atoms with Crippen molar-refractivity contribution in [3.05, 3.63) is 29.3 Å². The van der Waals surface area contributed by atoms with E-state index in [1.807, 2.05) is 7.05 Å². The lowest BCUT2D eigenvalue weighted by molar-refractivity contribution is 0.728. The predicted octanol–water partition coefficient (Wildman–Crippen LogP) is 3.55. The smallest absolute Gasteiger partial charge is 0.0340 e. The topological polar surface area (TPSA) is 12.0 Å². The highest BCUT2D eigenvalue weighted by molar-refractivity contribution is 5.48. The second kappa shape index (κ2) is 4.31. The Morgan fingerprint density at radius 2 is 2.08 bits per heavy atom. The Morgan fingerprint density at radius 1 is 1.38 bits per heavy atom. The van der Waals surface area contributed by atoms with Crippen LogP contribution in [0.5, 0.6) is 0 Å². The molecule has 0 amide bonds. The summed E-state index contributed by atoms with van der Waals surface area (Å²) in [4.78, 5) is 0. The third kappa shape index (κ3) is 2.24. The van der Waals surface area contributed by atoms with E-state index < -0.39 is 0 Å². The maximum Gasteiger partial charge on any atom is 0.0340 e. The lowest BCUT2D eigenvalue weighted by Crippen LogP contribution is -1.97. The predicted molar refractivity (Wildman–Crippen MR) is 59.4 cm³/mol. The van der Waals surface area contributed by atoms with Gasteiger partial charge in [-0.05, 0) is 42.5 Å². The van der Waals surface area contributed by atoms with E-state index in [1.54, 1.807) is 0 Å². The fraction of sp³-hybridized carbons (Fsp3) is 0.500. The molecule has 72 valence electrons. The molecule has 1 unspecified atom stereocenters. The first-order chi connectivity index (χ1) is 6.19. The zero-order chi connectivity index (χ0) is 9.84. The summed E-state index contributed by atoms with van der Waals surface area (Å²) in [6.45, 7) is 6.69. The minimum atomic E-state index is 0.660. The minimum absolute atomic E-state index is 0.660. The first-order valence-corrected chi connectivity index (χ1v) is 4.97. The molecule has 0 aromatic heterocycles. The van der Waals surface area contributed by atoms with Gasteiger partial charge in [-0.2, -0.15) is 0 Å². The van der Waals surface area contributed by atoms with E-state index in [1.165, 1.54) is 23.2 Å². The van der Waals surface area contributed by atoms with Crippen molar-refractivity contribution < 1.29 is 0 Å². The number of hydrogen-bond donors (Lipinski definition) is 1. The number of nitrogens with one attached hydrogen (secondary N) is 1. The second-order valence-electron chi connectivity index (χ2n) is 3.63. The van der Waals surface area contributed by atoms with E-state index in [2.05, 4.69) is 44.3 Å². The molecule has 1 aromatic carbocycles. The van der Waals surface area contributed by atoms with Crippen molar-refractivity contribution in [2.24, 2.45) is 0 Å². The van der Waals surface area contributed by atoms with Crippen LogP contribution in [0, 0.1) is 6.92 Å². The Kier molecular flexibility index (Phi) is 3.35. The standard InChI is InChI=1S/C12H19N/c1-5-9(2)12-8-11(13-4)7-6-10(12)3/h6-9,13H,5H2,1-4H3. The Morgan fingerprint density at radius 3 is 2.62 bits per heavy atom. The first kappa shape index (κ1) is 10.1. The molecule has 1 atom stereocenters. The van der Waals surface area contributed by atoms with Gasteiger partial charge in [0.05, 0.1) is 0 Å². The van der Waals surface area contributed by atoms with E-state index in [4.69, 9.17) is 0 Å². The van der Waals surface area contributed by atoms with Gasteiger partial charge in [0.15, 0.2) is 0 Å². The molecule has 0 aliphatic heterocycles. The summed E-state index contributed by atoms with van der Waals surface area (Å²) < 4.78 is 0. The first-order valence-electron chi connectivity index (χ1n) is 4.97. The summed E-state index contributed by atoms with van der Waals surface area (Å²) in [5.74, 6) is 0.660. The largest absolute Gasteiger partial charge is 0.388 e. The molecule has 0 bridgehead atoms. The number of benzene rings is 1. The zero-order valence-corrected chi connectivity index (χ0v) is 9.02. The van der Waals surface area contributed by atoms with Crippen LogP contribution in [0.25, 0.3) is 0 Å². The summed E-state index contributed by atoms with van der Waals surface area (Å²) >= 11 is 0. The molecule has 0 aliphatic rings. The Labute approximate surface area is 81.2 Å². The van der Waals surface area contributed by atoms with Gasteiger partial charge in [0.2, 0.25) is 0 Å². The van der Waals surface area contributed by atoms with Crippen LogP contribution in [-0.2, 0) is 0 Å². The van der Waals surface area contributed by atoms with Gasteiger partial charge in [-0.15, -0.1) is 0 Å². The molecule has 0 fully saturated rings. The summed E-state index contributed by atoms with van der Waals surface area (Å²) in [5.41, 5.74) is 4.07. The van der Waals surface area contributed by atoms with Crippen molar-refractivity contribution in [3.8, 4) is 0 Å². The van der Waals surface area contributed by atoms with Crippen LogP contribution >= 0.6 is 0 Å². The summed E-state index contributed by atoms with van der Waals surface area (Å²) in [6.07, 6.45) is 1.20. The highest BCUT2D eigenvalue weighted by Crippen LogP contribution is 2.25. The van der Waals surface area contributed by atoms with Crippen molar-refractivity contribution in [3.63, 3.8) is 0 Å². The van der Waals surface area contributed by atoms with Crippen LogP contribution in [0.1, 0.15) is 37.3 Å². The normalized spacial score (nSPS) is 12.6. The van der Waals surface area contributed by atoms with Gasteiger partial charge in [-0.1, -0.05) is 19.9 Å². The lowest BCUT2D eigenvalue weighted by Gasteiger charge is -2.14. The molecule has 0 saturated carbocycles. The fourth-order valence-electron chi connectivity index (χ4n) is 1.55. The molecule has 0 saturated heterocycles. The molecular weight excluding hydrogens is 158 g/mol. The number of rotatable bonds is 3. The van der Waals surface area contributed by atoms with Crippen LogP contribution in [-0.4, -0.2) is 7.05 Å². The molecule has 0 spiro atoms. The van der Waals surface area contributed by atoms with Crippen molar-refractivity contribution >= 4 is 5.69 Å². The van der Waals surface area contributed by atoms with Gasteiger partial charge in [0.1, 0.15) is 0 Å². The number of hydrogen-bond acceptors (Lipinski definition) is 1. The SMILES string of the molecule is CCC(C)c1cc(NC)ccc1C. The Bertz CT molecular complexity index is 278. The molecule has 1 heteroatoms. The average molecular weight is 177 g/mol. The fourth-order valence-corrected chi connectivity index (χ4v) is 1.55. The molecule has 0 heterocycles. The Balaban J connectivity index is 3.03. The van der Waals surface area contributed by atoms with E-state index in [0.29, 0.717) is 5.92 Å². The van der Waals surface area contributed by atoms with Crippen molar-refractivity contribution in [2.45, 2.75) is 33.1 Å². The van der Waals surface area contributed by atoms with Crippen molar-refractivity contribution in [1.82, 2.24) is 0 Å². The second-order valence-corrected chi connectivity index (χ2v) is 3.63. The molecule has 1 rings (SSSR count). The number of anilines is 1. The van der Waals surface area contributed by atoms with Crippen LogP contribution < -0.4 is 5.32 Å². The molecule has 1 aromatic rings. The van der Waals surface area contributed by atoms with Gasteiger partial charge < -0.3 is 5.32 Å². The average Bonchev–Trinajstić information content (AvgIpc) is 2.17. The third-order valence-corrected chi connectivity index (χ3v) is 2.71. The number of aryl methyl sites for hydroxylation is 1. The van der Waals surface area contributed by atoms with Gasteiger partial charge in [-0.25, -0.2) is 0 Å². The van der Waals surface area contributed by atoms with Crippen LogP contribution in [0.4, 0.5) is 5.69 Å². The maximum absolute atomic E-state index is 3.17. The summed E-state index contributed by atoms with van der Waals surface area (Å²) in [7, 11) is 1.96. The summed E-state index contributed by atoms with van der Waals surface area (Å²) in [6, 6.07) is 6.57. The molecule has 0 radical (unpaired) electrons. The molecule has 1 nitrogen and oxygen atoms in total. The van der Waals surface area contributed by atoms with E-state index >= 15 is 0 Å². The molecule has 13 heavy (non-hydrogen) atoms. The molecule has 0 aliphatic carbocycles. The van der Waals surface area contributed by atoms with Crippen LogP contribution in [0.15, 0.2) is 18.2 Å². The Hall–Kier alpha value is -0.980. The molecule has 1 N–H and O–H groups in total. The summed E-state index contributed by atoms with van der Waals surface area (Å²) in [5, 5.41) is 3.17. The van der Waals surface area contributed by atoms with Crippen molar-refractivity contribution in [2.75, 3.05) is 12.4 Å². The van der Waals surface area contributed by atoms with Gasteiger partial charge in [0.25, 0.3) is 0 Å². The highest BCUT2D eigenvalue weighted by atomic mass is 14.8. The zero-order valence-electron chi connectivity index (χ0n) is 9.02. The van der Waals surface area contributed by atoms with E-state index in [-0.39, 0.29) is 0 Å².